The molecule has 0 heterocycles. The van der Waals surface area contributed by atoms with Gasteiger partial charge in [-0.3, -0.25) is 9.59 Å². The van der Waals surface area contributed by atoms with E-state index in [9.17, 15) is 9.59 Å². The highest BCUT2D eigenvalue weighted by Crippen LogP contribution is 2.27. The SMILES string of the molecule is COc1ccc(Cl)cc1NC(=O)CN(C)C(=O)CCc1ccc(Cl)cc1. The number of aryl methyl sites for hydroxylation is 1. The van der Waals surface area contributed by atoms with Gasteiger partial charge < -0.3 is 15.0 Å². The minimum atomic E-state index is -0.326. The Morgan fingerprint density at radius 2 is 1.73 bits per heavy atom. The molecule has 0 aliphatic heterocycles. The molecule has 138 valence electrons. The van der Waals surface area contributed by atoms with E-state index in [-0.39, 0.29) is 18.4 Å². The molecule has 0 bridgehead atoms. The van der Waals surface area contributed by atoms with Crippen LogP contribution in [0.4, 0.5) is 5.69 Å². The zero-order chi connectivity index (χ0) is 19.1. The Labute approximate surface area is 162 Å². The molecule has 2 amide bonds. The van der Waals surface area contributed by atoms with Crippen LogP contribution < -0.4 is 10.1 Å². The summed E-state index contributed by atoms with van der Waals surface area (Å²) in [6.45, 7) is -0.0604. The highest BCUT2D eigenvalue weighted by atomic mass is 35.5. The molecule has 0 unspecified atom stereocenters. The summed E-state index contributed by atoms with van der Waals surface area (Å²) in [5, 5.41) is 3.85. The molecule has 0 aliphatic carbocycles. The van der Waals surface area contributed by atoms with Crippen LogP contribution in [0.2, 0.25) is 10.0 Å². The zero-order valence-electron chi connectivity index (χ0n) is 14.6. The number of benzene rings is 2. The van der Waals surface area contributed by atoms with Crippen LogP contribution in [-0.2, 0) is 16.0 Å². The third-order valence-electron chi connectivity index (χ3n) is 3.78. The van der Waals surface area contributed by atoms with Gasteiger partial charge in [0.05, 0.1) is 19.3 Å². The van der Waals surface area contributed by atoms with Gasteiger partial charge in [0.1, 0.15) is 5.75 Å². The van der Waals surface area contributed by atoms with Crippen LogP contribution >= 0.6 is 23.2 Å². The van der Waals surface area contributed by atoms with Gasteiger partial charge in [0.15, 0.2) is 0 Å². The number of likely N-dealkylation sites (N-methyl/N-ethyl adjacent to an activating group) is 1. The fourth-order valence-electron chi connectivity index (χ4n) is 2.36. The summed E-state index contributed by atoms with van der Waals surface area (Å²) in [7, 11) is 3.10. The minimum Gasteiger partial charge on any atom is -0.495 e. The molecular weight excluding hydrogens is 375 g/mol. The molecule has 26 heavy (non-hydrogen) atoms. The Morgan fingerprint density at radius 1 is 1.08 bits per heavy atom. The predicted molar refractivity (Wildman–Crippen MR) is 104 cm³/mol. The molecule has 2 aromatic rings. The molecule has 0 aliphatic rings. The van der Waals surface area contributed by atoms with E-state index < -0.39 is 0 Å². The predicted octanol–water partition coefficient (Wildman–Crippen LogP) is 4.03. The van der Waals surface area contributed by atoms with Gasteiger partial charge in [-0.15, -0.1) is 0 Å². The molecule has 0 atom stereocenters. The van der Waals surface area contributed by atoms with Crippen molar-refractivity contribution in [3.8, 4) is 5.75 Å². The standard InChI is InChI=1S/C19H20Cl2N2O3/c1-23(19(25)10-5-13-3-6-14(20)7-4-13)12-18(24)22-16-11-15(21)8-9-17(16)26-2/h3-4,6-9,11H,5,10,12H2,1-2H3,(H,22,24). The van der Waals surface area contributed by atoms with Gasteiger partial charge in [0.25, 0.3) is 0 Å². The number of anilines is 1. The average Bonchev–Trinajstić information content (AvgIpc) is 2.61. The number of nitrogens with one attached hydrogen (secondary N) is 1. The summed E-state index contributed by atoms with van der Waals surface area (Å²) < 4.78 is 5.19. The molecule has 1 N–H and O–H groups in total. The van der Waals surface area contributed by atoms with Crippen LogP contribution in [0.3, 0.4) is 0 Å². The highest BCUT2D eigenvalue weighted by Gasteiger charge is 2.15. The second-order valence-electron chi connectivity index (χ2n) is 5.77. The van der Waals surface area contributed by atoms with Crippen LogP contribution in [0.1, 0.15) is 12.0 Å². The molecule has 7 heteroatoms. The maximum atomic E-state index is 12.2. The van der Waals surface area contributed by atoms with Crippen molar-refractivity contribution in [3.05, 3.63) is 58.1 Å². The Hall–Kier alpha value is -2.24. The first-order chi connectivity index (χ1) is 12.4. The summed E-state index contributed by atoms with van der Waals surface area (Å²) in [5.41, 5.74) is 1.48. The number of methoxy groups -OCH3 is 1. The lowest BCUT2D eigenvalue weighted by atomic mass is 10.1. The number of ether oxygens (including phenoxy) is 1. The van der Waals surface area contributed by atoms with Crippen molar-refractivity contribution >= 4 is 40.7 Å². The van der Waals surface area contributed by atoms with Crippen molar-refractivity contribution in [3.63, 3.8) is 0 Å². The number of carbonyl (C=O) groups excluding carboxylic acids is 2. The van der Waals surface area contributed by atoms with Gasteiger partial charge in [0.2, 0.25) is 11.8 Å². The monoisotopic (exact) mass is 394 g/mol. The van der Waals surface area contributed by atoms with E-state index in [4.69, 9.17) is 27.9 Å². The molecule has 2 aromatic carbocycles. The molecule has 0 radical (unpaired) electrons. The lowest BCUT2D eigenvalue weighted by molar-refractivity contribution is -0.133. The number of rotatable bonds is 7. The van der Waals surface area contributed by atoms with Crippen LogP contribution in [-0.4, -0.2) is 37.4 Å². The van der Waals surface area contributed by atoms with Crippen LogP contribution in [0.25, 0.3) is 0 Å². The van der Waals surface area contributed by atoms with E-state index in [2.05, 4.69) is 5.32 Å². The Bertz CT molecular complexity index is 779. The number of carbonyl (C=O) groups is 2. The van der Waals surface area contributed by atoms with Crippen LogP contribution in [0.5, 0.6) is 5.75 Å². The Balaban J connectivity index is 1.87. The summed E-state index contributed by atoms with van der Waals surface area (Å²) in [6, 6.07) is 12.3. The molecule has 0 spiro atoms. The third-order valence-corrected chi connectivity index (χ3v) is 4.27. The fraction of sp³-hybridized carbons (Fsp3) is 0.263. The van der Waals surface area contributed by atoms with E-state index in [0.29, 0.717) is 34.3 Å². The largest absolute Gasteiger partial charge is 0.495 e. The van der Waals surface area contributed by atoms with Crippen LogP contribution in [0, 0.1) is 0 Å². The molecule has 0 saturated heterocycles. The number of nitrogens with zero attached hydrogens (tertiary/aromatic N) is 1. The van der Waals surface area contributed by atoms with Crippen molar-refractivity contribution in [2.45, 2.75) is 12.8 Å². The zero-order valence-corrected chi connectivity index (χ0v) is 16.1. The lowest BCUT2D eigenvalue weighted by Crippen LogP contribution is -2.35. The summed E-state index contributed by atoms with van der Waals surface area (Å²) in [4.78, 5) is 25.8. The minimum absolute atomic E-state index is 0.0604. The Morgan fingerprint density at radius 3 is 2.38 bits per heavy atom. The average molecular weight is 395 g/mol. The first-order valence-electron chi connectivity index (χ1n) is 8.01. The van der Waals surface area contributed by atoms with Crippen molar-refractivity contribution in [2.75, 3.05) is 26.0 Å². The molecule has 2 rings (SSSR count). The van der Waals surface area contributed by atoms with E-state index in [1.807, 2.05) is 12.1 Å². The third kappa shape index (κ3) is 5.93. The molecule has 0 aromatic heterocycles. The van der Waals surface area contributed by atoms with Gasteiger partial charge in [0, 0.05) is 23.5 Å². The second-order valence-corrected chi connectivity index (χ2v) is 6.64. The first-order valence-corrected chi connectivity index (χ1v) is 8.76. The van der Waals surface area contributed by atoms with Gasteiger partial charge in [-0.1, -0.05) is 35.3 Å². The van der Waals surface area contributed by atoms with Crippen molar-refractivity contribution < 1.29 is 14.3 Å². The van der Waals surface area contributed by atoms with Gasteiger partial charge in [-0.2, -0.15) is 0 Å². The summed E-state index contributed by atoms with van der Waals surface area (Å²) in [5.74, 6) is 0.0561. The smallest absolute Gasteiger partial charge is 0.244 e. The van der Waals surface area contributed by atoms with E-state index in [1.54, 1.807) is 37.4 Å². The second kappa shape index (κ2) is 9.46. The molecule has 5 nitrogen and oxygen atoms in total. The highest BCUT2D eigenvalue weighted by molar-refractivity contribution is 6.31. The Kier molecular flexibility index (Phi) is 7.30. The van der Waals surface area contributed by atoms with Crippen molar-refractivity contribution in [1.29, 1.82) is 0 Å². The van der Waals surface area contributed by atoms with Gasteiger partial charge >= 0.3 is 0 Å². The van der Waals surface area contributed by atoms with Gasteiger partial charge in [-0.05, 0) is 42.3 Å². The maximum absolute atomic E-state index is 12.2. The topological polar surface area (TPSA) is 58.6 Å². The number of amides is 2. The van der Waals surface area contributed by atoms with Crippen LogP contribution in [0.15, 0.2) is 42.5 Å². The molecule has 0 fully saturated rings. The normalized spacial score (nSPS) is 10.3. The maximum Gasteiger partial charge on any atom is 0.244 e. The van der Waals surface area contributed by atoms with Crippen molar-refractivity contribution in [1.82, 2.24) is 4.90 Å². The lowest BCUT2D eigenvalue weighted by Gasteiger charge is -2.17. The van der Waals surface area contributed by atoms with E-state index >= 15 is 0 Å². The number of hydrogen-bond donors (Lipinski definition) is 1. The summed E-state index contributed by atoms with van der Waals surface area (Å²) in [6.07, 6.45) is 0.899. The van der Waals surface area contributed by atoms with E-state index in [1.165, 1.54) is 12.0 Å². The quantitative estimate of drug-likeness (QED) is 0.770. The molecular formula is C19H20Cl2N2O3. The number of halogens is 2. The molecule has 0 saturated carbocycles. The summed E-state index contributed by atoms with van der Waals surface area (Å²) >= 11 is 11.8. The first kappa shape index (κ1) is 20.1. The van der Waals surface area contributed by atoms with E-state index in [0.717, 1.165) is 5.56 Å². The van der Waals surface area contributed by atoms with Crippen molar-refractivity contribution in [2.24, 2.45) is 0 Å². The fourth-order valence-corrected chi connectivity index (χ4v) is 2.66. The van der Waals surface area contributed by atoms with Gasteiger partial charge in [-0.25, -0.2) is 0 Å². The number of hydrogen-bond acceptors (Lipinski definition) is 3.